The number of aryl methyl sites for hydroxylation is 1. The lowest BCUT2D eigenvalue weighted by Crippen LogP contribution is -2.37. The lowest BCUT2D eigenvalue weighted by molar-refractivity contribution is 0.113. The third-order valence-corrected chi connectivity index (χ3v) is 3.78. The number of aliphatic hydroxyl groups is 1. The predicted octanol–water partition coefficient (Wildman–Crippen LogP) is 1.35. The van der Waals surface area contributed by atoms with Crippen LogP contribution in [0.2, 0.25) is 0 Å². The molecule has 4 nitrogen and oxygen atoms in total. The molecule has 0 atom stereocenters. The Kier molecular flexibility index (Phi) is 5.65. The van der Waals surface area contributed by atoms with Crippen molar-refractivity contribution < 1.29 is 5.11 Å². The van der Waals surface area contributed by atoms with Gasteiger partial charge in [-0.3, -0.25) is 0 Å². The smallest absolute Gasteiger partial charge is 0.109 e. The largest absolute Gasteiger partial charge is 0.396 e. The molecule has 0 fully saturated rings. The van der Waals surface area contributed by atoms with Crippen LogP contribution in [0.4, 0.5) is 0 Å². The SMILES string of the molecule is CCC(CC)(CO)CNCCc1nccn1C. The molecule has 0 aliphatic carbocycles. The number of hydrogen-bond donors (Lipinski definition) is 2. The number of hydrogen-bond acceptors (Lipinski definition) is 3. The minimum Gasteiger partial charge on any atom is -0.396 e. The Balaban J connectivity index is 2.30. The van der Waals surface area contributed by atoms with Gasteiger partial charge in [0.05, 0.1) is 0 Å². The first kappa shape index (κ1) is 14.2. The topological polar surface area (TPSA) is 50.1 Å². The molecular weight excluding hydrogens is 214 g/mol. The fraction of sp³-hybridized carbons (Fsp3) is 0.769. The summed E-state index contributed by atoms with van der Waals surface area (Å²) in [6.07, 6.45) is 6.74. The lowest BCUT2D eigenvalue weighted by Gasteiger charge is -2.29. The van der Waals surface area contributed by atoms with Crippen LogP contribution in [-0.2, 0) is 13.5 Å². The molecule has 0 unspecified atom stereocenters. The van der Waals surface area contributed by atoms with Crippen LogP contribution in [0.5, 0.6) is 0 Å². The van der Waals surface area contributed by atoms with Gasteiger partial charge in [0.1, 0.15) is 5.82 Å². The summed E-state index contributed by atoms with van der Waals surface area (Å²) in [4.78, 5) is 4.28. The molecule has 4 heteroatoms. The highest BCUT2D eigenvalue weighted by Gasteiger charge is 2.24. The van der Waals surface area contributed by atoms with E-state index in [1.807, 2.05) is 24.0 Å². The molecule has 1 heterocycles. The number of aliphatic hydroxyl groups excluding tert-OH is 1. The first-order valence-electron chi connectivity index (χ1n) is 6.45. The highest BCUT2D eigenvalue weighted by atomic mass is 16.3. The van der Waals surface area contributed by atoms with Gasteiger partial charge in [0.15, 0.2) is 0 Å². The van der Waals surface area contributed by atoms with E-state index in [-0.39, 0.29) is 12.0 Å². The van der Waals surface area contributed by atoms with Gasteiger partial charge >= 0.3 is 0 Å². The van der Waals surface area contributed by atoms with Crippen molar-refractivity contribution in [3.05, 3.63) is 18.2 Å². The summed E-state index contributed by atoms with van der Waals surface area (Å²) in [6, 6.07) is 0. The average molecular weight is 239 g/mol. The van der Waals surface area contributed by atoms with Crippen LogP contribution in [0.15, 0.2) is 12.4 Å². The molecular formula is C13H25N3O. The number of aromatic nitrogens is 2. The number of rotatable bonds is 8. The van der Waals surface area contributed by atoms with E-state index in [2.05, 4.69) is 24.1 Å². The number of nitrogens with one attached hydrogen (secondary N) is 1. The lowest BCUT2D eigenvalue weighted by atomic mass is 9.83. The molecule has 2 N–H and O–H groups in total. The van der Waals surface area contributed by atoms with Crippen LogP contribution in [0.1, 0.15) is 32.5 Å². The summed E-state index contributed by atoms with van der Waals surface area (Å²) in [5.74, 6) is 1.10. The van der Waals surface area contributed by atoms with Crippen LogP contribution < -0.4 is 5.32 Å². The maximum atomic E-state index is 9.45. The van der Waals surface area contributed by atoms with Gasteiger partial charge in [-0.15, -0.1) is 0 Å². The summed E-state index contributed by atoms with van der Waals surface area (Å²) in [7, 11) is 2.01. The maximum Gasteiger partial charge on any atom is 0.109 e. The maximum absolute atomic E-state index is 9.45. The molecule has 1 aromatic heterocycles. The Hall–Kier alpha value is -0.870. The van der Waals surface area contributed by atoms with Gasteiger partial charge in [-0.2, -0.15) is 0 Å². The van der Waals surface area contributed by atoms with E-state index >= 15 is 0 Å². The monoisotopic (exact) mass is 239 g/mol. The summed E-state index contributed by atoms with van der Waals surface area (Å²) in [5.41, 5.74) is 0.0433. The Morgan fingerprint density at radius 2 is 2.12 bits per heavy atom. The Bertz CT molecular complexity index is 310. The van der Waals surface area contributed by atoms with Crippen molar-refractivity contribution >= 4 is 0 Å². The van der Waals surface area contributed by atoms with Crippen LogP contribution in [0.25, 0.3) is 0 Å². The van der Waals surface area contributed by atoms with Gasteiger partial charge in [0, 0.05) is 51.0 Å². The van der Waals surface area contributed by atoms with Gasteiger partial charge in [-0.1, -0.05) is 13.8 Å². The van der Waals surface area contributed by atoms with Crippen molar-refractivity contribution in [2.24, 2.45) is 12.5 Å². The van der Waals surface area contributed by atoms with Crippen LogP contribution in [-0.4, -0.2) is 34.4 Å². The number of imidazole rings is 1. The van der Waals surface area contributed by atoms with Gasteiger partial charge < -0.3 is 15.0 Å². The van der Waals surface area contributed by atoms with E-state index in [1.54, 1.807) is 0 Å². The van der Waals surface area contributed by atoms with E-state index in [9.17, 15) is 5.11 Å². The zero-order chi connectivity index (χ0) is 12.7. The molecule has 98 valence electrons. The molecule has 0 bridgehead atoms. The van der Waals surface area contributed by atoms with Gasteiger partial charge in [0.2, 0.25) is 0 Å². The minimum absolute atomic E-state index is 0.0433. The van der Waals surface area contributed by atoms with Crippen LogP contribution in [0, 0.1) is 5.41 Å². The molecule has 17 heavy (non-hydrogen) atoms. The molecule has 0 aromatic carbocycles. The summed E-state index contributed by atoms with van der Waals surface area (Å²) < 4.78 is 2.04. The molecule has 0 saturated carbocycles. The van der Waals surface area contributed by atoms with E-state index in [4.69, 9.17) is 0 Å². The molecule has 1 aromatic rings. The van der Waals surface area contributed by atoms with E-state index in [0.29, 0.717) is 0 Å². The Morgan fingerprint density at radius 3 is 2.59 bits per heavy atom. The van der Waals surface area contributed by atoms with Gasteiger partial charge in [0.25, 0.3) is 0 Å². The fourth-order valence-corrected chi connectivity index (χ4v) is 1.97. The molecule has 1 rings (SSSR count). The van der Waals surface area contributed by atoms with Crippen molar-refractivity contribution in [1.29, 1.82) is 0 Å². The molecule has 0 aliphatic heterocycles. The molecule has 0 amide bonds. The predicted molar refractivity (Wildman–Crippen MR) is 69.9 cm³/mol. The fourth-order valence-electron chi connectivity index (χ4n) is 1.97. The molecule has 0 saturated heterocycles. The van der Waals surface area contributed by atoms with E-state index in [0.717, 1.165) is 38.2 Å². The highest BCUT2D eigenvalue weighted by Crippen LogP contribution is 2.24. The summed E-state index contributed by atoms with van der Waals surface area (Å²) in [5, 5.41) is 12.9. The van der Waals surface area contributed by atoms with Crippen molar-refractivity contribution in [1.82, 2.24) is 14.9 Å². The van der Waals surface area contributed by atoms with Crippen molar-refractivity contribution in [3.8, 4) is 0 Å². The summed E-state index contributed by atoms with van der Waals surface area (Å²) in [6.45, 7) is 6.32. The second-order valence-electron chi connectivity index (χ2n) is 4.75. The molecule has 0 radical (unpaired) electrons. The van der Waals surface area contributed by atoms with E-state index in [1.165, 1.54) is 0 Å². The van der Waals surface area contributed by atoms with Gasteiger partial charge in [-0.05, 0) is 12.8 Å². The second kappa shape index (κ2) is 6.77. The zero-order valence-corrected chi connectivity index (χ0v) is 11.2. The number of nitrogens with zero attached hydrogens (tertiary/aromatic N) is 2. The normalized spacial score (nSPS) is 12.0. The van der Waals surface area contributed by atoms with Crippen LogP contribution >= 0.6 is 0 Å². The summed E-state index contributed by atoms with van der Waals surface area (Å²) >= 11 is 0. The average Bonchev–Trinajstić information content (AvgIpc) is 2.76. The van der Waals surface area contributed by atoms with Crippen LogP contribution in [0.3, 0.4) is 0 Å². The van der Waals surface area contributed by atoms with Gasteiger partial charge in [-0.25, -0.2) is 4.98 Å². The van der Waals surface area contributed by atoms with Crippen molar-refractivity contribution in [2.75, 3.05) is 19.7 Å². The van der Waals surface area contributed by atoms with E-state index < -0.39 is 0 Å². The first-order valence-corrected chi connectivity index (χ1v) is 6.45. The third kappa shape index (κ3) is 3.82. The van der Waals surface area contributed by atoms with Crippen molar-refractivity contribution in [2.45, 2.75) is 33.1 Å². The second-order valence-corrected chi connectivity index (χ2v) is 4.75. The highest BCUT2D eigenvalue weighted by molar-refractivity contribution is 4.91. The quantitative estimate of drug-likeness (QED) is 0.673. The van der Waals surface area contributed by atoms with Crippen molar-refractivity contribution in [3.63, 3.8) is 0 Å². The molecule has 0 aliphatic rings. The molecule has 0 spiro atoms. The third-order valence-electron chi connectivity index (χ3n) is 3.78. The zero-order valence-electron chi connectivity index (χ0n) is 11.2. The minimum atomic E-state index is 0.0433. The Morgan fingerprint density at radius 1 is 1.41 bits per heavy atom. The standard InChI is InChI=1S/C13H25N3O/c1-4-13(5-2,11-17)10-14-7-6-12-15-8-9-16(12)3/h8-9,14,17H,4-7,10-11H2,1-3H3. The Labute approximate surface area is 104 Å². The first-order chi connectivity index (χ1) is 8.17.